The molecule has 0 fully saturated rings. The van der Waals surface area contributed by atoms with Crippen LogP contribution in [0.4, 0.5) is 0 Å². The van der Waals surface area contributed by atoms with Gasteiger partial charge in [-0.1, -0.05) is 24.0 Å². The fourth-order valence-corrected chi connectivity index (χ4v) is 4.75. The van der Waals surface area contributed by atoms with Crippen molar-refractivity contribution in [3.05, 3.63) is 31.4 Å². The number of methoxy groups -OCH3 is 1. The quantitative estimate of drug-likeness (QED) is 0.304. The molecule has 1 unspecified atom stereocenters. The van der Waals surface area contributed by atoms with Gasteiger partial charge in [0.25, 0.3) is 5.91 Å². The Balaban J connectivity index is 2.59. The molecular weight excluding hydrogens is 590 g/mol. The summed E-state index contributed by atoms with van der Waals surface area (Å²) in [6.07, 6.45) is 1.78. The van der Waals surface area contributed by atoms with Gasteiger partial charge in [0.05, 0.1) is 14.5 Å². The third-order valence-corrected chi connectivity index (χ3v) is 7.02. The van der Waals surface area contributed by atoms with Gasteiger partial charge < -0.3 is 15.2 Å². The summed E-state index contributed by atoms with van der Waals surface area (Å²) >= 11 is 5.61. The van der Waals surface area contributed by atoms with E-state index in [1.54, 1.807) is 13.4 Å². The molecule has 1 aromatic carbocycles. The van der Waals surface area contributed by atoms with Crippen molar-refractivity contribution in [3.8, 4) is 17.7 Å². The summed E-state index contributed by atoms with van der Waals surface area (Å²) in [5.74, 6) is 5.74. The maximum atomic E-state index is 12.5. The number of para-hydroxylation sites is 1. The summed E-state index contributed by atoms with van der Waals surface area (Å²) in [6, 6.07) is 7.93. The third kappa shape index (κ3) is 4.63. The molecule has 144 valence electrons. The lowest BCUT2D eigenvalue weighted by atomic mass is 9.85. The number of hydrogen-bond acceptors (Lipinski definition) is 5. The fourth-order valence-electron chi connectivity index (χ4n) is 2.62. The molecule has 1 heterocycles. The highest BCUT2D eigenvalue weighted by Gasteiger charge is 2.52. The van der Waals surface area contributed by atoms with E-state index in [9.17, 15) is 4.79 Å². The zero-order valence-corrected chi connectivity index (χ0v) is 20.6. The monoisotopic (exact) mass is 610 g/mol. The van der Waals surface area contributed by atoms with Crippen molar-refractivity contribution in [1.82, 2.24) is 4.98 Å². The molecule has 0 saturated heterocycles. The van der Waals surface area contributed by atoms with E-state index >= 15 is 0 Å². The molecule has 27 heavy (non-hydrogen) atoms. The average Bonchev–Trinajstić information content (AvgIpc) is 2.60. The predicted molar refractivity (Wildman–Crippen MR) is 127 cm³/mol. The lowest BCUT2D eigenvalue weighted by Gasteiger charge is -2.39. The number of primary amides is 1. The molecule has 2 aromatic rings. The fraction of sp³-hybridized carbons (Fsp3) is 0.368. The molecule has 0 bridgehead atoms. The van der Waals surface area contributed by atoms with E-state index in [1.807, 2.05) is 38.1 Å². The van der Waals surface area contributed by atoms with Crippen molar-refractivity contribution >= 4 is 73.8 Å². The van der Waals surface area contributed by atoms with Crippen molar-refractivity contribution in [3.63, 3.8) is 0 Å². The highest BCUT2D eigenvalue weighted by molar-refractivity contribution is 14.1. The van der Waals surface area contributed by atoms with Crippen LogP contribution in [-0.4, -0.2) is 35.8 Å². The molecule has 1 atom stereocenters. The van der Waals surface area contributed by atoms with Gasteiger partial charge in [-0.15, -0.1) is 11.8 Å². The smallest absolute Gasteiger partial charge is 0.274 e. The van der Waals surface area contributed by atoms with Gasteiger partial charge in [0, 0.05) is 16.1 Å². The minimum absolute atomic E-state index is 0.261. The number of halogens is 2. The van der Waals surface area contributed by atoms with Gasteiger partial charge in [0.1, 0.15) is 6.61 Å². The molecule has 0 aliphatic heterocycles. The number of ether oxygens (including phenoxy) is 2. The van der Waals surface area contributed by atoms with Crippen molar-refractivity contribution in [2.45, 2.75) is 18.8 Å². The Labute approximate surface area is 190 Å². The molecule has 0 aliphatic carbocycles. The van der Waals surface area contributed by atoms with Crippen LogP contribution in [0.25, 0.3) is 10.9 Å². The van der Waals surface area contributed by atoms with Gasteiger partial charge in [-0.3, -0.25) is 4.79 Å². The van der Waals surface area contributed by atoms with Gasteiger partial charge >= 0.3 is 0 Å². The Hall–Kier alpha value is -0.770. The number of benzene rings is 1. The molecule has 5 nitrogen and oxygen atoms in total. The van der Waals surface area contributed by atoms with Crippen LogP contribution in [0.5, 0.6) is 5.88 Å². The van der Waals surface area contributed by atoms with Gasteiger partial charge in [-0.2, -0.15) is 0 Å². The van der Waals surface area contributed by atoms with Crippen LogP contribution < -0.4 is 10.5 Å². The highest BCUT2D eigenvalue weighted by Crippen LogP contribution is 2.43. The Morgan fingerprint density at radius 3 is 2.63 bits per heavy atom. The minimum Gasteiger partial charge on any atom is -0.448 e. The standard InChI is InChI=1S/C19H20I2N2O3S/c1-18(2,9-6-10-25-3)19(27-4,17(22)24)26-16-14(21)11-12-7-5-8-13(20)15(12)23-16/h5,7-8,11H,10H2,1-4H3,(H2,22,24). The van der Waals surface area contributed by atoms with Crippen molar-refractivity contribution in [2.75, 3.05) is 20.0 Å². The van der Waals surface area contributed by atoms with Crippen molar-refractivity contribution in [2.24, 2.45) is 11.1 Å². The Morgan fingerprint density at radius 2 is 2.04 bits per heavy atom. The summed E-state index contributed by atoms with van der Waals surface area (Å²) in [5.41, 5.74) is 5.74. The Kier molecular flexibility index (Phi) is 7.63. The topological polar surface area (TPSA) is 74.4 Å². The van der Waals surface area contributed by atoms with Gasteiger partial charge in [-0.05, 0) is 77.4 Å². The van der Waals surface area contributed by atoms with Crippen LogP contribution in [-0.2, 0) is 9.53 Å². The zero-order valence-electron chi connectivity index (χ0n) is 15.4. The van der Waals surface area contributed by atoms with Crippen LogP contribution in [0.3, 0.4) is 0 Å². The number of thioether (sulfide) groups is 1. The number of pyridine rings is 1. The summed E-state index contributed by atoms with van der Waals surface area (Å²) in [7, 11) is 1.57. The molecule has 0 spiro atoms. The molecule has 0 saturated carbocycles. The maximum absolute atomic E-state index is 12.5. The second-order valence-corrected chi connectivity index (χ2v) is 9.54. The SMILES string of the molecule is COCC#CC(C)(C)C(Oc1nc2c(I)cccc2cc1I)(SC)C(N)=O. The Morgan fingerprint density at radius 1 is 1.33 bits per heavy atom. The van der Waals surface area contributed by atoms with E-state index in [1.165, 1.54) is 11.8 Å². The lowest BCUT2D eigenvalue weighted by molar-refractivity contribution is -0.131. The van der Waals surface area contributed by atoms with Crippen molar-refractivity contribution < 1.29 is 14.3 Å². The van der Waals surface area contributed by atoms with E-state index in [0.29, 0.717) is 5.88 Å². The normalized spacial score (nSPS) is 13.6. The first-order valence-corrected chi connectivity index (χ1v) is 11.3. The van der Waals surface area contributed by atoms with Gasteiger partial charge in [-0.25, -0.2) is 4.98 Å². The first-order chi connectivity index (χ1) is 12.7. The van der Waals surface area contributed by atoms with E-state index in [-0.39, 0.29) is 6.61 Å². The van der Waals surface area contributed by atoms with Gasteiger partial charge in [0.15, 0.2) is 0 Å². The molecule has 1 amide bonds. The van der Waals surface area contributed by atoms with Crippen LogP contribution in [0.1, 0.15) is 13.8 Å². The van der Waals surface area contributed by atoms with E-state index in [4.69, 9.17) is 15.2 Å². The van der Waals surface area contributed by atoms with Crippen LogP contribution in [0.15, 0.2) is 24.3 Å². The minimum atomic E-state index is -1.41. The molecule has 8 heteroatoms. The summed E-state index contributed by atoms with van der Waals surface area (Å²) in [6.45, 7) is 3.92. The summed E-state index contributed by atoms with van der Waals surface area (Å²) < 4.78 is 13.0. The number of hydrogen-bond donors (Lipinski definition) is 1. The zero-order chi connectivity index (χ0) is 20.2. The van der Waals surface area contributed by atoms with Crippen LogP contribution in [0.2, 0.25) is 0 Å². The van der Waals surface area contributed by atoms with E-state index < -0.39 is 16.3 Å². The molecule has 0 radical (unpaired) electrons. The number of amides is 1. The number of nitrogens with zero attached hydrogens (tertiary/aromatic N) is 1. The predicted octanol–water partition coefficient (Wildman–Crippen LogP) is 4.04. The molecule has 1 aromatic heterocycles. The number of carbonyl (C=O) groups excluding carboxylic acids is 1. The second kappa shape index (κ2) is 9.15. The molecule has 2 rings (SSSR count). The first-order valence-electron chi connectivity index (χ1n) is 7.96. The number of fused-ring (bicyclic) bond motifs is 1. The molecule has 2 N–H and O–H groups in total. The van der Waals surface area contributed by atoms with Crippen LogP contribution in [0, 0.1) is 24.4 Å². The number of nitrogens with two attached hydrogens (primary N) is 1. The number of rotatable bonds is 6. The third-order valence-electron chi connectivity index (χ3n) is 4.01. The van der Waals surface area contributed by atoms with Crippen LogP contribution >= 0.6 is 56.9 Å². The second-order valence-electron chi connectivity index (χ2n) is 6.23. The Bertz CT molecular complexity index is 924. The van der Waals surface area contributed by atoms with E-state index in [2.05, 4.69) is 62.0 Å². The maximum Gasteiger partial charge on any atom is 0.274 e. The average molecular weight is 610 g/mol. The first kappa shape index (κ1) is 22.5. The van der Waals surface area contributed by atoms with E-state index in [0.717, 1.165) is 18.0 Å². The summed E-state index contributed by atoms with van der Waals surface area (Å²) in [4.78, 5) is 15.8. The molecule has 0 aliphatic rings. The summed E-state index contributed by atoms with van der Waals surface area (Å²) in [5, 5.41) is 1.01. The largest absolute Gasteiger partial charge is 0.448 e. The van der Waals surface area contributed by atoms with Crippen molar-refractivity contribution in [1.29, 1.82) is 0 Å². The number of aromatic nitrogens is 1. The van der Waals surface area contributed by atoms with Gasteiger partial charge in [0.2, 0.25) is 10.8 Å². The number of carbonyl (C=O) groups is 1. The molecular formula is C19H20I2N2O3S. The lowest BCUT2D eigenvalue weighted by Crippen LogP contribution is -2.56. The highest BCUT2D eigenvalue weighted by atomic mass is 127.